The Hall–Kier alpha value is -2.41. The van der Waals surface area contributed by atoms with E-state index in [9.17, 15) is 9.59 Å². The molecule has 1 aliphatic heterocycles. The normalized spacial score (nSPS) is 14.8. The van der Waals surface area contributed by atoms with Crippen molar-refractivity contribution < 1.29 is 14.3 Å². The second-order valence-corrected chi connectivity index (χ2v) is 9.97. The van der Waals surface area contributed by atoms with Gasteiger partial charge in [0, 0.05) is 45.0 Å². The Kier molecular flexibility index (Phi) is 8.29. The van der Waals surface area contributed by atoms with Crippen LogP contribution in [0.3, 0.4) is 0 Å². The Balaban J connectivity index is 1.43. The van der Waals surface area contributed by atoms with Crippen LogP contribution in [0, 0.1) is 0 Å². The van der Waals surface area contributed by atoms with Crippen LogP contribution >= 0.6 is 15.9 Å². The van der Waals surface area contributed by atoms with Gasteiger partial charge in [0.05, 0.1) is 16.6 Å². The molecule has 0 spiro atoms. The number of aromatic nitrogens is 1. The first-order chi connectivity index (χ1) is 15.3. The van der Waals surface area contributed by atoms with Crippen LogP contribution in [-0.4, -0.2) is 59.4 Å². The minimum atomic E-state index is -0.0242. The van der Waals surface area contributed by atoms with Gasteiger partial charge in [0.15, 0.2) is 0 Å². The van der Waals surface area contributed by atoms with Gasteiger partial charge in [-0.2, -0.15) is 0 Å². The molecule has 2 heterocycles. The fraction of sp³-hybridized carbons (Fsp3) is 0.480. The summed E-state index contributed by atoms with van der Waals surface area (Å²) in [6.45, 7) is 9.45. The smallest absolute Gasteiger partial charge is 0.255 e. The van der Waals surface area contributed by atoms with Gasteiger partial charge in [0.1, 0.15) is 5.75 Å². The summed E-state index contributed by atoms with van der Waals surface area (Å²) < 4.78 is 6.82. The van der Waals surface area contributed by atoms with E-state index in [-0.39, 0.29) is 17.2 Å². The largest absolute Gasteiger partial charge is 0.492 e. The van der Waals surface area contributed by atoms with Crippen LogP contribution in [-0.2, 0) is 10.2 Å². The first kappa shape index (κ1) is 24.2. The summed E-state index contributed by atoms with van der Waals surface area (Å²) in [6, 6.07) is 9.70. The van der Waals surface area contributed by atoms with Crippen molar-refractivity contribution in [3.05, 3.63) is 58.3 Å². The van der Waals surface area contributed by atoms with Gasteiger partial charge in [0.2, 0.25) is 5.91 Å². The molecule has 3 rings (SSSR count). The van der Waals surface area contributed by atoms with Crippen LogP contribution in [0.2, 0.25) is 0 Å². The zero-order valence-corrected chi connectivity index (χ0v) is 20.7. The minimum Gasteiger partial charge on any atom is -0.492 e. The Morgan fingerprint density at radius 1 is 1.09 bits per heavy atom. The van der Waals surface area contributed by atoms with Crippen molar-refractivity contribution >= 4 is 27.7 Å². The standard InChI is InChI=1S/C25H32BrN3O3/c1-25(2,3)20-9-10-22(21(26)17-20)32-16-5-8-23(30)28-12-6-13-29(15-14-28)24(31)19-7-4-11-27-18-19/h4,7,9-11,17-18H,5-6,8,12-16H2,1-3H3. The highest BCUT2D eigenvalue weighted by molar-refractivity contribution is 9.10. The SMILES string of the molecule is CC(C)(C)c1ccc(OCCCC(=O)N2CCCN(C(=O)c3cccnc3)CC2)c(Br)c1. The number of pyridine rings is 1. The molecule has 0 N–H and O–H groups in total. The lowest BCUT2D eigenvalue weighted by Crippen LogP contribution is -2.37. The molecule has 0 unspecified atom stereocenters. The van der Waals surface area contributed by atoms with Crippen LogP contribution in [0.25, 0.3) is 0 Å². The summed E-state index contributed by atoms with van der Waals surface area (Å²) in [5, 5.41) is 0. The van der Waals surface area contributed by atoms with Gasteiger partial charge in [0.25, 0.3) is 5.91 Å². The van der Waals surface area contributed by atoms with E-state index in [1.165, 1.54) is 5.56 Å². The molecule has 1 fully saturated rings. The van der Waals surface area contributed by atoms with E-state index in [2.05, 4.69) is 53.8 Å². The number of rotatable bonds is 6. The second kappa shape index (κ2) is 10.9. The highest BCUT2D eigenvalue weighted by Crippen LogP contribution is 2.31. The molecule has 0 atom stereocenters. The third-order valence-corrected chi connectivity index (χ3v) is 6.25. The first-order valence-electron chi connectivity index (χ1n) is 11.2. The number of hydrogen-bond donors (Lipinski definition) is 0. The van der Waals surface area contributed by atoms with Gasteiger partial charge < -0.3 is 14.5 Å². The molecule has 1 aromatic carbocycles. The maximum Gasteiger partial charge on any atom is 0.255 e. The average Bonchev–Trinajstić information content (AvgIpc) is 3.03. The molecule has 0 aliphatic carbocycles. The van der Waals surface area contributed by atoms with E-state index in [1.54, 1.807) is 24.5 Å². The van der Waals surface area contributed by atoms with Gasteiger partial charge >= 0.3 is 0 Å². The van der Waals surface area contributed by atoms with Gasteiger partial charge in [-0.3, -0.25) is 14.6 Å². The number of hydrogen-bond acceptors (Lipinski definition) is 4. The van der Waals surface area contributed by atoms with Gasteiger partial charge in [-0.05, 0) is 64.0 Å². The van der Waals surface area contributed by atoms with Crippen molar-refractivity contribution in [3.8, 4) is 5.75 Å². The molecule has 172 valence electrons. The lowest BCUT2D eigenvalue weighted by atomic mass is 9.87. The van der Waals surface area contributed by atoms with Crippen molar-refractivity contribution in [1.29, 1.82) is 0 Å². The summed E-state index contributed by atoms with van der Waals surface area (Å²) in [7, 11) is 0. The molecule has 0 bridgehead atoms. The lowest BCUT2D eigenvalue weighted by Gasteiger charge is -2.22. The summed E-state index contributed by atoms with van der Waals surface area (Å²) in [5.41, 5.74) is 1.91. The molecule has 2 amide bonds. The van der Waals surface area contributed by atoms with Crippen molar-refractivity contribution in [2.24, 2.45) is 0 Å². The molecule has 0 radical (unpaired) electrons. The maximum absolute atomic E-state index is 12.7. The Morgan fingerprint density at radius 2 is 1.84 bits per heavy atom. The molecular formula is C25H32BrN3O3. The van der Waals surface area contributed by atoms with Crippen LogP contribution in [0.1, 0.15) is 56.0 Å². The van der Waals surface area contributed by atoms with E-state index >= 15 is 0 Å². The molecule has 1 aromatic heterocycles. The maximum atomic E-state index is 12.7. The van der Waals surface area contributed by atoms with Gasteiger partial charge in [-0.15, -0.1) is 0 Å². The zero-order chi connectivity index (χ0) is 23.1. The lowest BCUT2D eigenvalue weighted by molar-refractivity contribution is -0.131. The molecule has 7 heteroatoms. The van der Waals surface area contributed by atoms with E-state index in [0.717, 1.165) is 16.6 Å². The Bertz CT molecular complexity index is 928. The van der Waals surface area contributed by atoms with E-state index in [4.69, 9.17) is 4.74 Å². The molecule has 1 aliphatic rings. The predicted molar refractivity (Wildman–Crippen MR) is 129 cm³/mol. The summed E-state index contributed by atoms with van der Waals surface area (Å²) >= 11 is 3.59. The molecule has 6 nitrogen and oxygen atoms in total. The molecule has 0 saturated carbocycles. The van der Waals surface area contributed by atoms with E-state index in [0.29, 0.717) is 51.2 Å². The fourth-order valence-corrected chi connectivity index (χ4v) is 4.18. The van der Waals surface area contributed by atoms with Crippen LogP contribution in [0.5, 0.6) is 5.75 Å². The van der Waals surface area contributed by atoms with Crippen LogP contribution in [0.4, 0.5) is 0 Å². The van der Waals surface area contributed by atoms with E-state index < -0.39 is 0 Å². The van der Waals surface area contributed by atoms with Crippen LogP contribution in [0.15, 0.2) is 47.2 Å². The monoisotopic (exact) mass is 501 g/mol. The topological polar surface area (TPSA) is 62.7 Å². The van der Waals surface area contributed by atoms with Gasteiger partial charge in [-0.25, -0.2) is 0 Å². The second-order valence-electron chi connectivity index (χ2n) is 9.12. The summed E-state index contributed by atoms with van der Waals surface area (Å²) in [6.07, 6.45) is 5.12. The quantitative estimate of drug-likeness (QED) is 0.539. The molecular weight excluding hydrogens is 470 g/mol. The highest BCUT2D eigenvalue weighted by atomic mass is 79.9. The Labute approximate surface area is 199 Å². The number of amides is 2. The van der Waals surface area contributed by atoms with Crippen molar-refractivity contribution in [2.45, 2.75) is 45.4 Å². The van der Waals surface area contributed by atoms with Crippen molar-refractivity contribution in [1.82, 2.24) is 14.8 Å². The van der Waals surface area contributed by atoms with E-state index in [1.807, 2.05) is 15.9 Å². The van der Waals surface area contributed by atoms with Gasteiger partial charge in [-0.1, -0.05) is 26.8 Å². The number of halogens is 1. The number of ether oxygens (including phenoxy) is 1. The van der Waals surface area contributed by atoms with Crippen molar-refractivity contribution in [2.75, 3.05) is 32.8 Å². The van der Waals surface area contributed by atoms with Crippen LogP contribution < -0.4 is 4.74 Å². The molecule has 2 aromatic rings. The molecule has 32 heavy (non-hydrogen) atoms. The highest BCUT2D eigenvalue weighted by Gasteiger charge is 2.23. The predicted octanol–water partition coefficient (Wildman–Crippen LogP) is 4.68. The third-order valence-electron chi connectivity index (χ3n) is 5.63. The first-order valence-corrected chi connectivity index (χ1v) is 11.9. The summed E-state index contributed by atoms with van der Waals surface area (Å²) in [5.74, 6) is 0.889. The summed E-state index contributed by atoms with van der Waals surface area (Å²) in [4.78, 5) is 33.0. The number of carbonyl (C=O) groups is 2. The number of nitrogens with zero attached hydrogens (tertiary/aromatic N) is 3. The Morgan fingerprint density at radius 3 is 2.53 bits per heavy atom. The average molecular weight is 502 g/mol. The zero-order valence-electron chi connectivity index (χ0n) is 19.1. The number of benzene rings is 1. The minimum absolute atomic E-state index is 0.0242. The van der Waals surface area contributed by atoms with Crippen molar-refractivity contribution in [3.63, 3.8) is 0 Å². The number of carbonyl (C=O) groups excluding carboxylic acids is 2. The third kappa shape index (κ3) is 6.55. The molecule has 1 saturated heterocycles. The fourth-order valence-electron chi connectivity index (χ4n) is 3.69.